The van der Waals surface area contributed by atoms with Crippen LogP contribution in [-0.4, -0.2) is 31.2 Å². The minimum atomic E-state index is 0.978. The molecule has 0 fully saturated rings. The van der Waals surface area contributed by atoms with Gasteiger partial charge in [0.15, 0.2) is 0 Å². The molecule has 0 saturated heterocycles. The summed E-state index contributed by atoms with van der Waals surface area (Å²) in [5, 5.41) is 6.44. The van der Waals surface area contributed by atoms with Gasteiger partial charge in [0.2, 0.25) is 0 Å². The molecule has 0 aromatic carbocycles. The van der Waals surface area contributed by atoms with Crippen LogP contribution in [-0.2, 0) is 0 Å². The molecule has 0 radical (unpaired) electrons. The second-order valence-electron chi connectivity index (χ2n) is 2.70. The van der Waals surface area contributed by atoms with E-state index in [1.165, 1.54) is 6.42 Å². The first-order chi connectivity index (χ1) is 5.43. The normalized spacial score (nSPS) is 15.5. The SMILES string of the molecule is CCNCCCN1C=CNC1. The molecular formula is C8H17N3. The van der Waals surface area contributed by atoms with Crippen LogP contribution in [0.25, 0.3) is 0 Å². The Balaban J connectivity index is 1.90. The Morgan fingerprint density at radius 2 is 2.55 bits per heavy atom. The Morgan fingerprint density at radius 1 is 1.64 bits per heavy atom. The summed E-state index contributed by atoms with van der Waals surface area (Å²) in [5.41, 5.74) is 0. The largest absolute Gasteiger partial charge is 0.373 e. The van der Waals surface area contributed by atoms with Crippen molar-refractivity contribution in [3.05, 3.63) is 12.4 Å². The third-order valence-electron chi connectivity index (χ3n) is 1.75. The molecule has 2 N–H and O–H groups in total. The van der Waals surface area contributed by atoms with Gasteiger partial charge in [0.05, 0.1) is 6.67 Å². The second kappa shape index (κ2) is 5.02. The maximum absolute atomic E-state index is 3.30. The first-order valence-electron chi connectivity index (χ1n) is 4.28. The minimum absolute atomic E-state index is 0.978. The summed E-state index contributed by atoms with van der Waals surface area (Å²) in [7, 11) is 0. The molecule has 3 heteroatoms. The Morgan fingerprint density at radius 3 is 3.18 bits per heavy atom. The van der Waals surface area contributed by atoms with Gasteiger partial charge in [0, 0.05) is 18.9 Å². The summed E-state index contributed by atoms with van der Waals surface area (Å²) >= 11 is 0. The predicted molar refractivity (Wildman–Crippen MR) is 47.0 cm³/mol. The third-order valence-corrected chi connectivity index (χ3v) is 1.75. The zero-order valence-electron chi connectivity index (χ0n) is 7.14. The molecule has 1 aliphatic heterocycles. The molecule has 0 aromatic rings. The van der Waals surface area contributed by atoms with E-state index >= 15 is 0 Å². The van der Waals surface area contributed by atoms with E-state index in [9.17, 15) is 0 Å². The standard InChI is InChI=1S/C8H17N3/c1-2-9-4-3-6-11-7-5-10-8-11/h5,7,9-10H,2-4,6,8H2,1H3. The van der Waals surface area contributed by atoms with E-state index in [1.54, 1.807) is 0 Å². The van der Waals surface area contributed by atoms with Gasteiger partial charge in [-0.15, -0.1) is 0 Å². The van der Waals surface area contributed by atoms with Crippen LogP contribution in [0.5, 0.6) is 0 Å². The molecule has 0 unspecified atom stereocenters. The van der Waals surface area contributed by atoms with Gasteiger partial charge in [-0.25, -0.2) is 0 Å². The Bertz CT molecular complexity index is 123. The van der Waals surface area contributed by atoms with Crippen molar-refractivity contribution in [3.63, 3.8) is 0 Å². The van der Waals surface area contributed by atoms with Crippen LogP contribution in [0.2, 0.25) is 0 Å². The summed E-state index contributed by atoms with van der Waals surface area (Å²) < 4.78 is 0. The molecule has 0 aromatic heterocycles. The van der Waals surface area contributed by atoms with E-state index < -0.39 is 0 Å². The Labute approximate surface area is 68.5 Å². The van der Waals surface area contributed by atoms with E-state index in [4.69, 9.17) is 0 Å². The van der Waals surface area contributed by atoms with Gasteiger partial charge in [-0.2, -0.15) is 0 Å². The topological polar surface area (TPSA) is 27.3 Å². The second-order valence-corrected chi connectivity index (χ2v) is 2.70. The van der Waals surface area contributed by atoms with Gasteiger partial charge in [0.1, 0.15) is 0 Å². The number of nitrogens with one attached hydrogen (secondary N) is 2. The highest BCUT2D eigenvalue weighted by Crippen LogP contribution is 1.94. The van der Waals surface area contributed by atoms with E-state index in [2.05, 4.69) is 28.7 Å². The van der Waals surface area contributed by atoms with E-state index in [0.717, 1.165) is 26.3 Å². The lowest BCUT2D eigenvalue weighted by Gasteiger charge is -2.13. The summed E-state index contributed by atoms with van der Waals surface area (Å²) in [5.74, 6) is 0. The van der Waals surface area contributed by atoms with Crippen molar-refractivity contribution in [1.29, 1.82) is 0 Å². The van der Waals surface area contributed by atoms with E-state index in [-0.39, 0.29) is 0 Å². The monoisotopic (exact) mass is 155 g/mol. The fourth-order valence-corrected chi connectivity index (χ4v) is 1.12. The molecule has 64 valence electrons. The predicted octanol–water partition coefficient (Wildman–Crippen LogP) is 0.320. The van der Waals surface area contributed by atoms with Gasteiger partial charge in [-0.05, 0) is 19.5 Å². The molecule has 0 atom stereocenters. The lowest BCUT2D eigenvalue weighted by Crippen LogP contribution is -2.25. The maximum Gasteiger partial charge on any atom is 0.0867 e. The number of hydrogen-bond donors (Lipinski definition) is 2. The van der Waals surface area contributed by atoms with Gasteiger partial charge in [-0.3, -0.25) is 0 Å². The third kappa shape index (κ3) is 3.28. The molecule has 0 aliphatic carbocycles. The zero-order valence-corrected chi connectivity index (χ0v) is 7.14. The fourth-order valence-electron chi connectivity index (χ4n) is 1.12. The van der Waals surface area contributed by atoms with Crippen molar-refractivity contribution in [2.45, 2.75) is 13.3 Å². The van der Waals surface area contributed by atoms with Crippen LogP contribution in [0, 0.1) is 0 Å². The van der Waals surface area contributed by atoms with Gasteiger partial charge < -0.3 is 15.5 Å². The zero-order chi connectivity index (χ0) is 7.94. The quantitative estimate of drug-likeness (QED) is 0.560. The van der Waals surface area contributed by atoms with Gasteiger partial charge >= 0.3 is 0 Å². The van der Waals surface area contributed by atoms with Crippen LogP contribution in [0.3, 0.4) is 0 Å². The lowest BCUT2D eigenvalue weighted by atomic mass is 10.4. The average molecular weight is 155 g/mol. The van der Waals surface area contributed by atoms with Crippen LogP contribution in [0.15, 0.2) is 12.4 Å². The summed E-state index contributed by atoms with van der Waals surface area (Å²) in [4.78, 5) is 2.28. The van der Waals surface area contributed by atoms with Crippen LogP contribution < -0.4 is 10.6 Å². The fraction of sp³-hybridized carbons (Fsp3) is 0.750. The van der Waals surface area contributed by atoms with Crippen LogP contribution >= 0.6 is 0 Å². The van der Waals surface area contributed by atoms with Crippen molar-refractivity contribution < 1.29 is 0 Å². The summed E-state index contributed by atoms with van der Waals surface area (Å²) in [6.45, 7) is 6.47. The molecule has 0 bridgehead atoms. The molecule has 1 heterocycles. The first kappa shape index (κ1) is 8.40. The van der Waals surface area contributed by atoms with Crippen molar-refractivity contribution in [3.8, 4) is 0 Å². The van der Waals surface area contributed by atoms with Gasteiger partial charge in [0.25, 0.3) is 0 Å². The van der Waals surface area contributed by atoms with Crippen LogP contribution in [0.1, 0.15) is 13.3 Å². The van der Waals surface area contributed by atoms with Gasteiger partial charge in [-0.1, -0.05) is 6.92 Å². The highest BCUT2D eigenvalue weighted by atomic mass is 15.2. The molecular weight excluding hydrogens is 138 g/mol. The number of hydrogen-bond acceptors (Lipinski definition) is 3. The molecule has 1 rings (SSSR count). The number of rotatable bonds is 5. The summed E-state index contributed by atoms with van der Waals surface area (Å²) in [6.07, 6.45) is 5.32. The van der Waals surface area contributed by atoms with Crippen LogP contribution in [0.4, 0.5) is 0 Å². The molecule has 3 nitrogen and oxygen atoms in total. The number of nitrogens with zero attached hydrogens (tertiary/aromatic N) is 1. The Kier molecular flexibility index (Phi) is 3.83. The van der Waals surface area contributed by atoms with E-state index in [0.29, 0.717) is 0 Å². The smallest absolute Gasteiger partial charge is 0.0867 e. The van der Waals surface area contributed by atoms with Crippen molar-refractivity contribution >= 4 is 0 Å². The highest BCUT2D eigenvalue weighted by molar-refractivity contribution is 4.86. The lowest BCUT2D eigenvalue weighted by molar-refractivity contribution is 0.380. The molecule has 0 amide bonds. The molecule has 0 spiro atoms. The highest BCUT2D eigenvalue weighted by Gasteiger charge is 2.00. The average Bonchev–Trinajstić information content (AvgIpc) is 2.50. The Hall–Kier alpha value is -0.700. The summed E-state index contributed by atoms with van der Waals surface area (Å²) in [6, 6.07) is 0. The molecule has 0 saturated carbocycles. The van der Waals surface area contributed by atoms with Crippen molar-refractivity contribution in [1.82, 2.24) is 15.5 Å². The molecule has 11 heavy (non-hydrogen) atoms. The van der Waals surface area contributed by atoms with E-state index in [1.807, 2.05) is 6.20 Å². The first-order valence-corrected chi connectivity index (χ1v) is 4.28. The maximum atomic E-state index is 3.30. The minimum Gasteiger partial charge on any atom is -0.373 e. The van der Waals surface area contributed by atoms with Crippen molar-refractivity contribution in [2.24, 2.45) is 0 Å². The van der Waals surface area contributed by atoms with Crippen molar-refractivity contribution in [2.75, 3.05) is 26.3 Å². The molecule has 1 aliphatic rings.